The molecule has 0 aliphatic rings. The molecule has 0 aromatic carbocycles. The summed E-state index contributed by atoms with van der Waals surface area (Å²) in [6, 6.07) is 0. The van der Waals surface area contributed by atoms with Crippen LogP contribution < -0.4 is 0 Å². The highest BCUT2D eigenvalue weighted by molar-refractivity contribution is 5.89. The molecule has 1 aromatic rings. The van der Waals surface area contributed by atoms with Crippen LogP contribution in [0.2, 0.25) is 0 Å². The molecule has 32 heavy (non-hydrogen) atoms. The topological polar surface area (TPSA) is 76.0 Å². The maximum absolute atomic E-state index is 14.1. The van der Waals surface area contributed by atoms with Crippen LogP contribution in [0.3, 0.4) is 0 Å². The summed E-state index contributed by atoms with van der Waals surface area (Å²) in [5.74, 6) is -1.55. The van der Waals surface area contributed by atoms with E-state index in [1.807, 2.05) is 0 Å². The molecule has 1 rings (SSSR count). The number of unbranched alkanes of at least 4 members (excludes halogenated alkanes) is 10. The summed E-state index contributed by atoms with van der Waals surface area (Å²) in [6.07, 6.45) is 14.2. The zero-order valence-corrected chi connectivity index (χ0v) is 19.9. The van der Waals surface area contributed by atoms with Crippen molar-refractivity contribution in [3.05, 3.63) is 23.8 Å². The number of aryl methyl sites for hydroxylation is 1. The fraction of sp³-hybridized carbons (Fsp3) is 0.750. The van der Waals surface area contributed by atoms with Gasteiger partial charge in [-0.1, -0.05) is 71.1 Å². The molecular formula is C24H40FNO6. The van der Waals surface area contributed by atoms with Gasteiger partial charge in [-0.15, -0.1) is 0 Å². The third-order valence-electron chi connectivity index (χ3n) is 5.11. The van der Waals surface area contributed by atoms with E-state index < -0.39 is 24.2 Å². The molecule has 0 spiro atoms. The number of methoxy groups -OCH3 is 1. The molecule has 1 atom stereocenters. The minimum absolute atomic E-state index is 0.0204. The van der Waals surface area contributed by atoms with Crippen molar-refractivity contribution in [3.8, 4) is 0 Å². The van der Waals surface area contributed by atoms with Crippen molar-refractivity contribution in [2.75, 3.05) is 20.3 Å². The molecule has 0 saturated carbocycles. The van der Waals surface area contributed by atoms with Gasteiger partial charge in [-0.25, -0.2) is 14.0 Å². The van der Waals surface area contributed by atoms with Crippen molar-refractivity contribution in [1.29, 1.82) is 0 Å². The number of hydrogen-bond donors (Lipinski definition) is 0. The van der Waals surface area contributed by atoms with Crippen molar-refractivity contribution in [2.24, 2.45) is 0 Å². The molecule has 0 amide bonds. The number of hydrogen-bond acceptors (Lipinski definition) is 6. The number of aromatic nitrogens is 1. The van der Waals surface area contributed by atoms with Gasteiger partial charge in [-0.2, -0.15) is 0 Å². The Kier molecular flexibility index (Phi) is 15.2. The lowest BCUT2D eigenvalue weighted by atomic mass is 10.1. The molecule has 0 fully saturated rings. The Labute approximate surface area is 191 Å². The van der Waals surface area contributed by atoms with Crippen molar-refractivity contribution >= 4 is 12.1 Å². The highest BCUT2D eigenvalue weighted by atomic mass is 19.1. The molecular weight excluding hydrogens is 417 g/mol. The fourth-order valence-electron chi connectivity index (χ4n) is 3.33. The number of rotatable bonds is 18. The van der Waals surface area contributed by atoms with Crippen molar-refractivity contribution in [2.45, 2.75) is 97.3 Å². The van der Waals surface area contributed by atoms with Gasteiger partial charge < -0.3 is 23.5 Å². The molecule has 1 unspecified atom stereocenters. The van der Waals surface area contributed by atoms with E-state index in [1.54, 1.807) is 4.57 Å². The first kappa shape index (κ1) is 27.9. The predicted octanol–water partition coefficient (Wildman–Crippen LogP) is 6.24. The second-order valence-electron chi connectivity index (χ2n) is 7.98. The lowest BCUT2D eigenvalue weighted by molar-refractivity contribution is -0.0841. The van der Waals surface area contributed by atoms with Gasteiger partial charge in [0.15, 0.2) is 5.82 Å². The number of carbonyl (C=O) groups excluding carboxylic acids is 2. The van der Waals surface area contributed by atoms with E-state index in [4.69, 9.17) is 18.9 Å². The van der Waals surface area contributed by atoms with E-state index in [0.717, 1.165) is 12.8 Å². The zero-order chi connectivity index (χ0) is 23.6. The van der Waals surface area contributed by atoms with E-state index in [0.29, 0.717) is 6.54 Å². The summed E-state index contributed by atoms with van der Waals surface area (Å²) >= 11 is 0. The normalized spacial score (nSPS) is 11.9. The van der Waals surface area contributed by atoms with Gasteiger partial charge in [0.05, 0.1) is 6.61 Å². The molecule has 0 radical (unpaired) electrons. The number of carbonyl (C=O) groups is 2. The van der Waals surface area contributed by atoms with Crippen LogP contribution >= 0.6 is 0 Å². The van der Waals surface area contributed by atoms with Gasteiger partial charge in [-0.3, -0.25) is 0 Å². The molecule has 0 bridgehead atoms. The number of esters is 1. The van der Waals surface area contributed by atoms with Gasteiger partial charge in [0.1, 0.15) is 12.2 Å². The summed E-state index contributed by atoms with van der Waals surface area (Å²) in [4.78, 5) is 23.6. The summed E-state index contributed by atoms with van der Waals surface area (Å²) in [7, 11) is 1.47. The average molecular weight is 458 g/mol. The number of ether oxygens (including phenoxy) is 4. The third-order valence-corrected chi connectivity index (χ3v) is 5.11. The number of nitrogens with zero attached hydrogens (tertiary/aromatic N) is 1. The summed E-state index contributed by atoms with van der Waals surface area (Å²) in [6.45, 7) is 4.47. The Hall–Kier alpha value is -2.09. The molecule has 8 heteroatoms. The van der Waals surface area contributed by atoms with Crippen LogP contribution in [0.25, 0.3) is 0 Å². The van der Waals surface area contributed by atoms with Crippen LogP contribution in [0.4, 0.5) is 9.18 Å². The molecule has 7 nitrogen and oxygen atoms in total. The van der Waals surface area contributed by atoms with Crippen LogP contribution in [0.1, 0.15) is 94.8 Å². The first-order chi connectivity index (χ1) is 15.5. The highest BCUT2D eigenvalue weighted by Gasteiger charge is 2.21. The molecule has 0 aliphatic heterocycles. The zero-order valence-electron chi connectivity index (χ0n) is 19.9. The van der Waals surface area contributed by atoms with Gasteiger partial charge in [0.25, 0.3) is 0 Å². The fourth-order valence-corrected chi connectivity index (χ4v) is 3.33. The van der Waals surface area contributed by atoms with Gasteiger partial charge in [-0.05, 0) is 6.42 Å². The SMILES string of the molecule is CCCCCCCCCCCCCn1cc(F)c(C(=O)OC(C)OC(=O)OCCOC)c1. The molecule has 1 heterocycles. The Morgan fingerprint density at radius 1 is 0.906 bits per heavy atom. The van der Waals surface area contributed by atoms with Crippen LogP contribution in [0.5, 0.6) is 0 Å². The molecule has 184 valence electrons. The van der Waals surface area contributed by atoms with Crippen LogP contribution in [0, 0.1) is 5.82 Å². The minimum Gasteiger partial charge on any atom is -0.432 e. The van der Waals surface area contributed by atoms with Crippen LogP contribution in [-0.4, -0.2) is 43.3 Å². The molecule has 1 aromatic heterocycles. The summed E-state index contributed by atoms with van der Waals surface area (Å²) in [5, 5.41) is 0. The Bertz CT molecular complexity index is 648. The van der Waals surface area contributed by atoms with E-state index in [2.05, 4.69) is 6.92 Å². The second-order valence-corrected chi connectivity index (χ2v) is 7.98. The number of halogens is 1. The second kappa shape index (κ2) is 17.5. The Morgan fingerprint density at radius 2 is 1.50 bits per heavy atom. The van der Waals surface area contributed by atoms with E-state index >= 15 is 0 Å². The first-order valence-corrected chi connectivity index (χ1v) is 11.9. The standard InChI is InChI=1S/C24H40FNO6/c1-4-5-6-7-8-9-10-11-12-13-14-15-26-18-21(22(25)19-26)23(27)31-20(2)32-24(28)30-17-16-29-3/h18-20H,4-17H2,1-3H3. The molecule has 0 saturated heterocycles. The predicted molar refractivity (Wildman–Crippen MR) is 120 cm³/mol. The smallest absolute Gasteiger partial charge is 0.432 e. The van der Waals surface area contributed by atoms with Crippen LogP contribution in [-0.2, 0) is 25.5 Å². The van der Waals surface area contributed by atoms with Crippen molar-refractivity contribution < 1.29 is 32.9 Å². The lowest BCUT2D eigenvalue weighted by Crippen LogP contribution is -2.23. The lowest BCUT2D eigenvalue weighted by Gasteiger charge is -2.13. The monoisotopic (exact) mass is 457 g/mol. The summed E-state index contributed by atoms with van der Waals surface area (Å²) < 4.78 is 35.0. The van der Waals surface area contributed by atoms with Crippen molar-refractivity contribution in [1.82, 2.24) is 4.57 Å². The van der Waals surface area contributed by atoms with Gasteiger partial charge in [0, 0.05) is 33.0 Å². The largest absolute Gasteiger partial charge is 0.511 e. The highest BCUT2D eigenvalue weighted by Crippen LogP contribution is 2.15. The third kappa shape index (κ3) is 12.7. The van der Waals surface area contributed by atoms with Crippen LogP contribution in [0.15, 0.2) is 12.4 Å². The van der Waals surface area contributed by atoms with Gasteiger partial charge >= 0.3 is 12.1 Å². The van der Waals surface area contributed by atoms with Crippen molar-refractivity contribution in [3.63, 3.8) is 0 Å². The quantitative estimate of drug-likeness (QED) is 0.148. The van der Waals surface area contributed by atoms with E-state index in [-0.39, 0.29) is 18.8 Å². The Morgan fingerprint density at radius 3 is 2.09 bits per heavy atom. The summed E-state index contributed by atoms with van der Waals surface area (Å²) in [5.41, 5.74) is -0.184. The minimum atomic E-state index is -1.20. The molecule has 0 aliphatic carbocycles. The van der Waals surface area contributed by atoms with E-state index in [9.17, 15) is 14.0 Å². The van der Waals surface area contributed by atoms with E-state index in [1.165, 1.54) is 84.2 Å². The maximum atomic E-state index is 14.1. The molecule has 0 N–H and O–H groups in total. The maximum Gasteiger partial charge on any atom is 0.511 e. The Balaban J connectivity index is 2.22. The first-order valence-electron chi connectivity index (χ1n) is 11.9. The van der Waals surface area contributed by atoms with Gasteiger partial charge in [0.2, 0.25) is 6.29 Å². The average Bonchev–Trinajstić information content (AvgIpc) is 3.12.